The van der Waals surface area contributed by atoms with E-state index in [0.717, 1.165) is 17.3 Å². The smallest absolute Gasteiger partial charge is 0.276 e. The third-order valence-corrected chi connectivity index (χ3v) is 3.74. The molecule has 0 aliphatic heterocycles. The molecule has 90 valence electrons. The summed E-state index contributed by atoms with van der Waals surface area (Å²) < 4.78 is 5.48. The van der Waals surface area contributed by atoms with E-state index in [2.05, 4.69) is 41.4 Å². The number of hydrogen-bond donors (Lipinski definition) is 0. The van der Waals surface area contributed by atoms with E-state index in [1.165, 1.54) is 5.56 Å². The lowest BCUT2D eigenvalue weighted by molar-refractivity contribution is 0.426. The highest BCUT2D eigenvalue weighted by Crippen LogP contribution is 2.20. The van der Waals surface area contributed by atoms with Crippen LogP contribution < -0.4 is 0 Å². The highest BCUT2D eigenvalue weighted by atomic mass is 32.2. The van der Waals surface area contributed by atoms with Gasteiger partial charge in [-0.15, -0.1) is 22.0 Å². The Hall–Kier alpha value is -0.940. The molecule has 17 heavy (non-hydrogen) atoms. The van der Waals surface area contributed by atoms with Gasteiger partial charge in [0, 0.05) is 5.75 Å². The number of thioether (sulfide) groups is 2. The second-order valence-electron chi connectivity index (χ2n) is 3.37. The fourth-order valence-corrected chi connectivity index (χ4v) is 2.63. The molecule has 0 radical (unpaired) electrons. The maximum atomic E-state index is 5.48. The van der Waals surface area contributed by atoms with Gasteiger partial charge in [-0.2, -0.15) is 0 Å². The standard InChI is InChI=1S/C12H14N2OS2/c1-2-17-12-14-13-11(15-12)9-16-8-10-6-4-3-5-7-10/h3-7H,2,8-9H2,1H3. The Balaban J connectivity index is 1.78. The average Bonchev–Trinajstić information content (AvgIpc) is 2.79. The highest BCUT2D eigenvalue weighted by molar-refractivity contribution is 7.99. The van der Waals surface area contributed by atoms with E-state index >= 15 is 0 Å². The van der Waals surface area contributed by atoms with Gasteiger partial charge in [-0.25, -0.2) is 0 Å². The number of nitrogens with zero attached hydrogens (tertiary/aromatic N) is 2. The molecule has 0 aliphatic carbocycles. The Morgan fingerprint density at radius 3 is 2.71 bits per heavy atom. The molecule has 2 rings (SSSR count). The van der Waals surface area contributed by atoms with Crippen molar-refractivity contribution in [2.45, 2.75) is 23.7 Å². The zero-order valence-corrected chi connectivity index (χ0v) is 11.3. The van der Waals surface area contributed by atoms with E-state index < -0.39 is 0 Å². The lowest BCUT2D eigenvalue weighted by atomic mass is 10.2. The van der Waals surface area contributed by atoms with Gasteiger partial charge in [0.1, 0.15) is 0 Å². The van der Waals surface area contributed by atoms with E-state index in [0.29, 0.717) is 11.1 Å². The Kier molecular flexibility index (Phi) is 4.94. The number of benzene rings is 1. The Morgan fingerprint density at radius 2 is 1.94 bits per heavy atom. The molecule has 5 heteroatoms. The van der Waals surface area contributed by atoms with Gasteiger partial charge in [0.05, 0.1) is 5.75 Å². The fraction of sp³-hybridized carbons (Fsp3) is 0.333. The van der Waals surface area contributed by atoms with Crippen LogP contribution in [-0.2, 0) is 11.5 Å². The molecule has 0 aliphatic rings. The van der Waals surface area contributed by atoms with E-state index in [-0.39, 0.29) is 0 Å². The predicted octanol–water partition coefficient (Wildman–Crippen LogP) is 3.62. The van der Waals surface area contributed by atoms with Crippen LogP contribution in [0.1, 0.15) is 18.4 Å². The van der Waals surface area contributed by atoms with Crippen LogP contribution in [0.15, 0.2) is 40.0 Å². The van der Waals surface area contributed by atoms with Crippen molar-refractivity contribution in [1.29, 1.82) is 0 Å². The number of rotatable bonds is 6. The molecule has 0 amide bonds. The summed E-state index contributed by atoms with van der Waals surface area (Å²) in [5.41, 5.74) is 1.32. The van der Waals surface area contributed by atoms with Gasteiger partial charge in [-0.05, 0) is 11.3 Å². The molecule has 2 aromatic rings. The van der Waals surface area contributed by atoms with Gasteiger partial charge >= 0.3 is 0 Å². The topological polar surface area (TPSA) is 38.9 Å². The molecule has 0 saturated carbocycles. The number of aromatic nitrogens is 2. The molecule has 0 spiro atoms. The van der Waals surface area contributed by atoms with Gasteiger partial charge < -0.3 is 4.42 Å². The predicted molar refractivity (Wildman–Crippen MR) is 72.1 cm³/mol. The van der Waals surface area contributed by atoms with Crippen molar-refractivity contribution in [2.24, 2.45) is 0 Å². The summed E-state index contributed by atoms with van der Waals surface area (Å²) >= 11 is 3.36. The lowest BCUT2D eigenvalue weighted by Crippen LogP contribution is -1.83. The van der Waals surface area contributed by atoms with Crippen LogP contribution in [0, 0.1) is 0 Å². The zero-order chi connectivity index (χ0) is 11.9. The van der Waals surface area contributed by atoms with Crippen LogP contribution in [0.2, 0.25) is 0 Å². The Bertz CT molecular complexity index is 445. The quantitative estimate of drug-likeness (QED) is 0.747. The van der Waals surface area contributed by atoms with Crippen LogP contribution >= 0.6 is 23.5 Å². The van der Waals surface area contributed by atoms with E-state index in [1.807, 2.05) is 6.07 Å². The zero-order valence-electron chi connectivity index (χ0n) is 9.63. The first-order valence-electron chi connectivity index (χ1n) is 5.45. The summed E-state index contributed by atoms with van der Waals surface area (Å²) in [5, 5.41) is 8.64. The van der Waals surface area contributed by atoms with Crippen molar-refractivity contribution in [1.82, 2.24) is 10.2 Å². The monoisotopic (exact) mass is 266 g/mol. The first kappa shape index (κ1) is 12.5. The van der Waals surface area contributed by atoms with Gasteiger partial charge in [0.2, 0.25) is 5.89 Å². The summed E-state index contributed by atoms with van der Waals surface area (Å²) in [6.45, 7) is 2.07. The molecular formula is C12H14N2OS2. The minimum absolute atomic E-state index is 0.669. The second kappa shape index (κ2) is 6.71. The number of hydrogen-bond acceptors (Lipinski definition) is 5. The summed E-state index contributed by atoms with van der Waals surface area (Å²) in [6, 6.07) is 10.4. The SMILES string of the molecule is CCSc1nnc(CSCc2ccccc2)o1. The van der Waals surface area contributed by atoms with Crippen molar-refractivity contribution < 1.29 is 4.42 Å². The van der Waals surface area contributed by atoms with Gasteiger partial charge in [0.15, 0.2) is 0 Å². The lowest BCUT2D eigenvalue weighted by Gasteiger charge is -1.98. The molecule has 1 aromatic heterocycles. The Morgan fingerprint density at radius 1 is 1.12 bits per heavy atom. The van der Waals surface area contributed by atoms with Crippen LogP contribution in [0.5, 0.6) is 0 Å². The minimum Gasteiger partial charge on any atom is -0.415 e. The summed E-state index contributed by atoms with van der Waals surface area (Å²) in [7, 11) is 0. The third-order valence-electron chi connectivity index (χ3n) is 2.05. The molecule has 0 N–H and O–H groups in total. The van der Waals surface area contributed by atoms with Crippen molar-refractivity contribution in [3.63, 3.8) is 0 Å². The minimum atomic E-state index is 0.669. The van der Waals surface area contributed by atoms with E-state index in [1.54, 1.807) is 23.5 Å². The fourth-order valence-electron chi connectivity index (χ4n) is 1.31. The van der Waals surface area contributed by atoms with E-state index in [4.69, 9.17) is 4.42 Å². The van der Waals surface area contributed by atoms with Crippen LogP contribution in [0.4, 0.5) is 0 Å². The Labute approximate surface area is 109 Å². The average molecular weight is 266 g/mol. The van der Waals surface area contributed by atoms with Gasteiger partial charge in [-0.1, -0.05) is 49.0 Å². The maximum Gasteiger partial charge on any atom is 0.276 e. The molecule has 0 fully saturated rings. The summed E-state index contributed by atoms with van der Waals surface area (Å²) in [6.07, 6.45) is 0. The third kappa shape index (κ3) is 4.09. The van der Waals surface area contributed by atoms with Crippen molar-refractivity contribution >= 4 is 23.5 Å². The molecule has 1 heterocycles. The molecule has 0 saturated heterocycles. The molecule has 1 aromatic carbocycles. The largest absolute Gasteiger partial charge is 0.415 e. The first-order valence-corrected chi connectivity index (χ1v) is 7.59. The molecule has 0 bridgehead atoms. The van der Waals surface area contributed by atoms with Crippen LogP contribution in [0.3, 0.4) is 0 Å². The van der Waals surface area contributed by atoms with Crippen molar-refractivity contribution in [3.8, 4) is 0 Å². The summed E-state index contributed by atoms with van der Waals surface area (Å²) in [5.74, 6) is 3.41. The highest BCUT2D eigenvalue weighted by Gasteiger charge is 2.05. The first-order chi connectivity index (χ1) is 8.38. The van der Waals surface area contributed by atoms with Gasteiger partial charge in [0.25, 0.3) is 5.22 Å². The normalized spacial score (nSPS) is 10.6. The molecule has 3 nitrogen and oxygen atoms in total. The second-order valence-corrected chi connectivity index (χ2v) is 5.57. The van der Waals surface area contributed by atoms with Crippen LogP contribution in [-0.4, -0.2) is 16.0 Å². The van der Waals surface area contributed by atoms with Crippen molar-refractivity contribution in [2.75, 3.05) is 5.75 Å². The van der Waals surface area contributed by atoms with Crippen LogP contribution in [0.25, 0.3) is 0 Å². The molecule has 0 unspecified atom stereocenters. The maximum absolute atomic E-state index is 5.48. The summed E-state index contributed by atoms with van der Waals surface area (Å²) in [4.78, 5) is 0. The van der Waals surface area contributed by atoms with Crippen molar-refractivity contribution in [3.05, 3.63) is 41.8 Å². The molecular weight excluding hydrogens is 252 g/mol. The van der Waals surface area contributed by atoms with E-state index in [9.17, 15) is 0 Å². The molecule has 0 atom stereocenters. The van der Waals surface area contributed by atoms with Gasteiger partial charge in [-0.3, -0.25) is 0 Å².